The first-order valence-electron chi connectivity index (χ1n) is 6.95. The number of hydrogen-bond donors (Lipinski definition) is 1. The Morgan fingerprint density at radius 2 is 2.05 bits per heavy atom. The Morgan fingerprint density at radius 3 is 2.73 bits per heavy atom. The molecule has 0 aliphatic rings. The van der Waals surface area contributed by atoms with Gasteiger partial charge in [-0.3, -0.25) is 4.98 Å². The Labute approximate surface area is 127 Å². The minimum atomic E-state index is -0.318. The zero-order chi connectivity index (χ0) is 15.7. The van der Waals surface area contributed by atoms with Gasteiger partial charge in [0.1, 0.15) is 5.82 Å². The lowest BCUT2D eigenvalue weighted by Gasteiger charge is -2.16. The van der Waals surface area contributed by atoms with Gasteiger partial charge in [-0.2, -0.15) is 5.26 Å². The summed E-state index contributed by atoms with van der Waals surface area (Å²) < 4.78 is 13.6. The molecule has 3 nitrogen and oxygen atoms in total. The Bertz CT molecular complexity index is 894. The van der Waals surface area contributed by atoms with Crippen molar-refractivity contribution in [2.24, 2.45) is 5.73 Å². The molecule has 2 N–H and O–H groups in total. The van der Waals surface area contributed by atoms with Crippen LogP contribution in [0.1, 0.15) is 24.1 Å². The average molecular weight is 291 g/mol. The van der Waals surface area contributed by atoms with Gasteiger partial charge in [0.25, 0.3) is 0 Å². The van der Waals surface area contributed by atoms with Crippen LogP contribution in [0.15, 0.2) is 48.7 Å². The summed E-state index contributed by atoms with van der Waals surface area (Å²) in [6.07, 6.45) is 1.66. The molecule has 22 heavy (non-hydrogen) atoms. The third-order valence-corrected chi connectivity index (χ3v) is 3.65. The number of nitrogens with two attached hydrogens (primary N) is 1. The van der Waals surface area contributed by atoms with Crippen molar-refractivity contribution in [2.75, 3.05) is 0 Å². The lowest BCUT2D eigenvalue weighted by molar-refractivity contribution is 0.628. The molecule has 0 saturated heterocycles. The molecule has 0 amide bonds. The van der Waals surface area contributed by atoms with E-state index in [0.717, 1.165) is 16.5 Å². The van der Waals surface area contributed by atoms with E-state index < -0.39 is 0 Å². The summed E-state index contributed by atoms with van der Waals surface area (Å²) in [6, 6.07) is 13.6. The monoisotopic (exact) mass is 291 g/mol. The zero-order valence-corrected chi connectivity index (χ0v) is 12.0. The van der Waals surface area contributed by atoms with Gasteiger partial charge >= 0.3 is 0 Å². The quantitative estimate of drug-likeness (QED) is 0.778. The van der Waals surface area contributed by atoms with Gasteiger partial charge in [-0.15, -0.1) is 0 Å². The Kier molecular flexibility index (Phi) is 3.58. The topological polar surface area (TPSA) is 62.7 Å². The van der Waals surface area contributed by atoms with Crippen molar-refractivity contribution in [3.8, 4) is 17.2 Å². The Hall–Kier alpha value is -2.77. The van der Waals surface area contributed by atoms with Gasteiger partial charge in [-0.05, 0) is 48.4 Å². The number of halogens is 1. The van der Waals surface area contributed by atoms with E-state index in [1.807, 2.05) is 19.1 Å². The molecule has 0 radical (unpaired) electrons. The van der Waals surface area contributed by atoms with Gasteiger partial charge < -0.3 is 5.73 Å². The van der Waals surface area contributed by atoms with Crippen LogP contribution < -0.4 is 5.73 Å². The average Bonchev–Trinajstić information content (AvgIpc) is 2.53. The number of fused-ring (bicyclic) bond motifs is 1. The SMILES string of the molecule is CC(N)c1cc(C#N)c2cccnc2c1-c1cccc(F)c1. The largest absolute Gasteiger partial charge is 0.324 e. The van der Waals surface area contributed by atoms with Crippen LogP contribution in [0.4, 0.5) is 4.39 Å². The summed E-state index contributed by atoms with van der Waals surface area (Å²) in [6.45, 7) is 1.84. The fourth-order valence-corrected chi connectivity index (χ4v) is 2.66. The summed E-state index contributed by atoms with van der Waals surface area (Å²) in [5.74, 6) is -0.318. The van der Waals surface area contributed by atoms with E-state index in [9.17, 15) is 9.65 Å². The molecule has 0 aliphatic heterocycles. The number of benzene rings is 2. The number of hydrogen-bond acceptors (Lipinski definition) is 3. The van der Waals surface area contributed by atoms with Crippen LogP contribution in [0, 0.1) is 17.1 Å². The van der Waals surface area contributed by atoms with Crippen molar-refractivity contribution in [3.05, 3.63) is 65.6 Å². The van der Waals surface area contributed by atoms with E-state index in [4.69, 9.17) is 5.73 Å². The molecule has 1 heterocycles. The number of pyridine rings is 1. The fourth-order valence-electron chi connectivity index (χ4n) is 2.66. The normalized spacial score (nSPS) is 12.1. The van der Waals surface area contributed by atoms with Crippen molar-refractivity contribution < 1.29 is 4.39 Å². The summed E-state index contributed by atoms with van der Waals surface area (Å²) in [5, 5.41) is 10.1. The van der Waals surface area contributed by atoms with Gasteiger partial charge in [0.05, 0.1) is 17.1 Å². The van der Waals surface area contributed by atoms with Gasteiger partial charge in [0.15, 0.2) is 0 Å². The summed E-state index contributed by atoms with van der Waals surface area (Å²) >= 11 is 0. The highest BCUT2D eigenvalue weighted by molar-refractivity contribution is 5.98. The smallest absolute Gasteiger partial charge is 0.123 e. The molecule has 108 valence electrons. The Balaban J connectivity index is 2.46. The van der Waals surface area contributed by atoms with Crippen LogP contribution in [0.3, 0.4) is 0 Å². The summed E-state index contributed by atoms with van der Waals surface area (Å²) in [5.41, 5.74) is 9.54. The molecule has 3 rings (SSSR count). The number of nitrogens with zero attached hydrogens (tertiary/aromatic N) is 2. The second-order valence-electron chi connectivity index (χ2n) is 5.20. The van der Waals surface area contributed by atoms with Crippen LogP contribution in [-0.4, -0.2) is 4.98 Å². The number of rotatable bonds is 2. The van der Waals surface area contributed by atoms with Crippen molar-refractivity contribution in [1.82, 2.24) is 4.98 Å². The third kappa shape index (κ3) is 2.32. The lowest BCUT2D eigenvalue weighted by Crippen LogP contribution is -2.08. The third-order valence-electron chi connectivity index (χ3n) is 3.65. The van der Waals surface area contributed by atoms with Crippen molar-refractivity contribution in [3.63, 3.8) is 0 Å². The minimum absolute atomic E-state index is 0.295. The minimum Gasteiger partial charge on any atom is -0.324 e. The van der Waals surface area contributed by atoms with Crippen LogP contribution in [0.5, 0.6) is 0 Å². The highest BCUT2D eigenvalue weighted by Gasteiger charge is 2.17. The van der Waals surface area contributed by atoms with Crippen LogP contribution >= 0.6 is 0 Å². The van der Waals surface area contributed by atoms with Crippen LogP contribution in [-0.2, 0) is 0 Å². The van der Waals surface area contributed by atoms with Crippen molar-refractivity contribution in [1.29, 1.82) is 5.26 Å². The molecule has 0 aliphatic carbocycles. The molecule has 0 bridgehead atoms. The van der Waals surface area contributed by atoms with Crippen molar-refractivity contribution in [2.45, 2.75) is 13.0 Å². The van der Waals surface area contributed by atoms with Gasteiger partial charge in [-0.1, -0.05) is 12.1 Å². The van der Waals surface area contributed by atoms with E-state index in [1.54, 1.807) is 24.4 Å². The van der Waals surface area contributed by atoms with E-state index in [0.29, 0.717) is 16.6 Å². The standard InChI is InChI=1S/C18H14FN3/c1-11(21)16-9-13(10-20)15-6-3-7-22-18(15)17(16)12-4-2-5-14(19)8-12/h2-9,11H,21H2,1H3. The van der Waals surface area contributed by atoms with Gasteiger partial charge in [0.2, 0.25) is 0 Å². The van der Waals surface area contributed by atoms with E-state index >= 15 is 0 Å². The number of aromatic nitrogens is 1. The second kappa shape index (κ2) is 5.55. The Morgan fingerprint density at radius 1 is 1.23 bits per heavy atom. The maximum atomic E-state index is 13.6. The fraction of sp³-hybridized carbons (Fsp3) is 0.111. The molecule has 0 fully saturated rings. The first-order chi connectivity index (χ1) is 10.6. The summed E-state index contributed by atoms with van der Waals surface area (Å²) in [4.78, 5) is 4.41. The van der Waals surface area contributed by atoms with E-state index in [1.165, 1.54) is 12.1 Å². The van der Waals surface area contributed by atoms with Crippen LogP contribution in [0.2, 0.25) is 0 Å². The van der Waals surface area contributed by atoms with Gasteiger partial charge in [0, 0.05) is 23.2 Å². The molecular formula is C18H14FN3. The molecule has 0 saturated carbocycles. The van der Waals surface area contributed by atoms with Crippen molar-refractivity contribution >= 4 is 10.9 Å². The first-order valence-corrected chi connectivity index (χ1v) is 6.95. The molecule has 4 heteroatoms. The molecule has 0 spiro atoms. The maximum absolute atomic E-state index is 13.6. The first kappa shape index (κ1) is 14.2. The van der Waals surface area contributed by atoms with Crippen LogP contribution in [0.25, 0.3) is 22.0 Å². The second-order valence-corrected chi connectivity index (χ2v) is 5.20. The predicted octanol–water partition coefficient (Wildman–Crippen LogP) is 3.93. The molecule has 3 aromatic rings. The highest BCUT2D eigenvalue weighted by Crippen LogP contribution is 2.35. The zero-order valence-electron chi connectivity index (χ0n) is 12.0. The summed E-state index contributed by atoms with van der Waals surface area (Å²) in [7, 11) is 0. The maximum Gasteiger partial charge on any atom is 0.123 e. The molecular weight excluding hydrogens is 277 g/mol. The van der Waals surface area contributed by atoms with E-state index in [-0.39, 0.29) is 11.9 Å². The van der Waals surface area contributed by atoms with E-state index in [2.05, 4.69) is 11.1 Å². The predicted molar refractivity (Wildman–Crippen MR) is 84.5 cm³/mol. The van der Waals surface area contributed by atoms with Gasteiger partial charge in [-0.25, -0.2) is 4.39 Å². The molecule has 2 aromatic carbocycles. The molecule has 1 atom stereocenters. The number of nitriles is 1. The molecule has 1 aromatic heterocycles. The lowest BCUT2D eigenvalue weighted by atomic mass is 9.90. The highest BCUT2D eigenvalue weighted by atomic mass is 19.1. The molecule has 1 unspecified atom stereocenters.